The molecular formula is C14H20N2O2. The first-order valence-corrected chi connectivity index (χ1v) is 6.45. The Balaban J connectivity index is 2.11. The number of nitrogens with zero attached hydrogens (tertiary/aromatic N) is 1. The highest BCUT2D eigenvalue weighted by atomic mass is 16.5. The highest BCUT2D eigenvalue weighted by Gasteiger charge is 2.26. The lowest BCUT2D eigenvalue weighted by Crippen LogP contribution is -2.49. The Morgan fingerprint density at radius 3 is 2.72 bits per heavy atom. The number of hydrogen-bond acceptors (Lipinski definition) is 3. The van der Waals surface area contributed by atoms with Crippen LogP contribution >= 0.6 is 0 Å². The molecule has 4 nitrogen and oxygen atoms in total. The predicted octanol–water partition coefficient (Wildman–Crippen LogP) is 1.33. The molecule has 1 heterocycles. The summed E-state index contributed by atoms with van der Waals surface area (Å²) in [5.41, 5.74) is 7.82. The summed E-state index contributed by atoms with van der Waals surface area (Å²) in [5, 5.41) is 0. The zero-order valence-corrected chi connectivity index (χ0v) is 10.8. The Kier molecular flexibility index (Phi) is 4.33. The quantitative estimate of drug-likeness (QED) is 0.874. The van der Waals surface area contributed by atoms with Crippen molar-refractivity contribution in [2.45, 2.75) is 25.9 Å². The van der Waals surface area contributed by atoms with Gasteiger partial charge in [0.05, 0.1) is 12.6 Å². The van der Waals surface area contributed by atoms with Crippen LogP contribution in [0.15, 0.2) is 24.3 Å². The molecule has 1 unspecified atom stereocenters. The van der Waals surface area contributed by atoms with E-state index in [0.29, 0.717) is 13.1 Å². The number of amides is 1. The molecule has 0 saturated carbocycles. The number of carbonyl (C=O) groups is 1. The average Bonchev–Trinajstić information content (AvgIpc) is 2.41. The van der Waals surface area contributed by atoms with Crippen LogP contribution in [0.3, 0.4) is 0 Å². The maximum atomic E-state index is 11.8. The molecule has 1 atom stereocenters. The van der Waals surface area contributed by atoms with Gasteiger partial charge in [-0.2, -0.15) is 0 Å². The molecule has 1 saturated heterocycles. The number of carbonyl (C=O) groups excluding carboxylic acids is 1. The molecule has 0 aromatic heterocycles. The number of anilines is 1. The molecule has 0 radical (unpaired) electrons. The number of benzene rings is 1. The number of morpholine rings is 1. The van der Waals surface area contributed by atoms with Gasteiger partial charge in [-0.05, 0) is 24.1 Å². The van der Waals surface area contributed by atoms with Crippen molar-refractivity contribution in [3.05, 3.63) is 29.8 Å². The number of hydrogen-bond donors (Lipinski definition) is 1. The Hall–Kier alpha value is -1.39. The van der Waals surface area contributed by atoms with Crippen LogP contribution in [0.2, 0.25) is 0 Å². The predicted molar refractivity (Wildman–Crippen MR) is 71.6 cm³/mol. The maximum absolute atomic E-state index is 11.8. The van der Waals surface area contributed by atoms with Crippen molar-refractivity contribution in [2.75, 3.05) is 24.6 Å². The van der Waals surface area contributed by atoms with Gasteiger partial charge < -0.3 is 15.4 Å². The van der Waals surface area contributed by atoms with Crippen molar-refractivity contribution in [2.24, 2.45) is 5.73 Å². The molecule has 1 aromatic rings. The van der Waals surface area contributed by atoms with E-state index >= 15 is 0 Å². The Bertz CT molecular complexity index is 403. The first kappa shape index (κ1) is 13.1. The zero-order valence-electron chi connectivity index (χ0n) is 10.8. The lowest BCUT2D eigenvalue weighted by atomic mass is 10.1. The SMILES string of the molecule is CCCc1ccc(N2CC(CN)OCC2=O)cc1. The molecule has 1 aliphatic rings. The van der Waals surface area contributed by atoms with E-state index in [-0.39, 0.29) is 18.6 Å². The van der Waals surface area contributed by atoms with Gasteiger partial charge in [0.25, 0.3) is 5.91 Å². The molecule has 1 amide bonds. The zero-order chi connectivity index (χ0) is 13.0. The summed E-state index contributed by atoms with van der Waals surface area (Å²) in [7, 11) is 0. The van der Waals surface area contributed by atoms with Crippen LogP contribution in [-0.4, -0.2) is 31.7 Å². The van der Waals surface area contributed by atoms with Crippen molar-refractivity contribution in [3.8, 4) is 0 Å². The fraction of sp³-hybridized carbons (Fsp3) is 0.500. The molecule has 18 heavy (non-hydrogen) atoms. The normalized spacial score (nSPS) is 20.2. The standard InChI is InChI=1S/C14H20N2O2/c1-2-3-11-4-6-12(7-5-11)16-9-13(8-15)18-10-14(16)17/h4-7,13H,2-3,8-10,15H2,1H3. The van der Waals surface area contributed by atoms with E-state index in [0.717, 1.165) is 18.5 Å². The third-order valence-corrected chi connectivity index (χ3v) is 3.18. The molecule has 2 N–H and O–H groups in total. The second-order valence-electron chi connectivity index (χ2n) is 4.59. The van der Waals surface area contributed by atoms with E-state index in [9.17, 15) is 4.79 Å². The molecule has 1 aromatic carbocycles. The van der Waals surface area contributed by atoms with Crippen molar-refractivity contribution in [1.82, 2.24) is 0 Å². The summed E-state index contributed by atoms with van der Waals surface area (Å²) in [6.07, 6.45) is 2.14. The van der Waals surface area contributed by atoms with Crippen LogP contribution in [0, 0.1) is 0 Å². The van der Waals surface area contributed by atoms with Gasteiger partial charge in [0.2, 0.25) is 0 Å². The van der Waals surface area contributed by atoms with E-state index in [4.69, 9.17) is 10.5 Å². The van der Waals surface area contributed by atoms with E-state index in [1.165, 1.54) is 5.56 Å². The van der Waals surface area contributed by atoms with Crippen molar-refractivity contribution < 1.29 is 9.53 Å². The van der Waals surface area contributed by atoms with Crippen LogP contribution < -0.4 is 10.6 Å². The number of nitrogens with two attached hydrogens (primary N) is 1. The summed E-state index contributed by atoms with van der Waals surface area (Å²) < 4.78 is 5.34. The largest absolute Gasteiger partial charge is 0.365 e. The number of ether oxygens (including phenoxy) is 1. The third kappa shape index (κ3) is 2.89. The highest BCUT2D eigenvalue weighted by Crippen LogP contribution is 2.19. The van der Waals surface area contributed by atoms with E-state index in [2.05, 4.69) is 19.1 Å². The van der Waals surface area contributed by atoms with Gasteiger partial charge in [0.15, 0.2) is 0 Å². The molecule has 1 aliphatic heterocycles. The van der Waals surface area contributed by atoms with Crippen molar-refractivity contribution in [3.63, 3.8) is 0 Å². The van der Waals surface area contributed by atoms with Gasteiger partial charge in [-0.1, -0.05) is 25.5 Å². The van der Waals surface area contributed by atoms with E-state index in [1.54, 1.807) is 4.90 Å². The molecule has 0 spiro atoms. The molecule has 0 bridgehead atoms. The minimum atomic E-state index is -0.0574. The monoisotopic (exact) mass is 248 g/mol. The molecule has 4 heteroatoms. The summed E-state index contributed by atoms with van der Waals surface area (Å²) in [6.45, 7) is 3.27. The van der Waals surface area contributed by atoms with Crippen LogP contribution in [0.1, 0.15) is 18.9 Å². The van der Waals surface area contributed by atoms with Crippen LogP contribution in [-0.2, 0) is 16.0 Å². The average molecular weight is 248 g/mol. The van der Waals surface area contributed by atoms with Gasteiger partial charge in [-0.25, -0.2) is 0 Å². The van der Waals surface area contributed by atoms with Crippen LogP contribution in [0.5, 0.6) is 0 Å². The second-order valence-corrected chi connectivity index (χ2v) is 4.59. The molecule has 0 aliphatic carbocycles. The topological polar surface area (TPSA) is 55.6 Å². The van der Waals surface area contributed by atoms with Crippen LogP contribution in [0.4, 0.5) is 5.69 Å². The number of rotatable bonds is 4. The second kappa shape index (κ2) is 5.98. The van der Waals surface area contributed by atoms with Gasteiger partial charge in [0, 0.05) is 12.2 Å². The Morgan fingerprint density at radius 2 is 2.11 bits per heavy atom. The van der Waals surface area contributed by atoms with E-state index < -0.39 is 0 Å². The molecule has 2 rings (SSSR count). The van der Waals surface area contributed by atoms with E-state index in [1.807, 2.05) is 12.1 Å². The van der Waals surface area contributed by atoms with Gasteiger partial charge in [0.1, 0.15) is 6.61 Å². The smallest absolute Gasteiger partial charge is 0.253 e. The van der Waals surface area contributed by atoms with Crippen molar-refractivity contribution >= 4 is 11.6 Å². The highest BCUT2D eigenvalue weighted by molar-refractivity contribution is 5.95. The first-order valence-electron chi connectivity index (χ1n) is 6.45. The fourth-order valence-electron chi connectivity index (χ4n) is 2.15. The first-order chi connectivity index (χ1) is 8.74. The van der Waals surface area contributed by atoms with Gasteiger partial charge in [-0.3, -0.25) is 4.79 Å². The molecular weight excluding hydrogens is 228 g/mol. The van der Waals surface area contributed by atoms with Crippen molar-refractivity contribution in [1.29, 1.82) is 0 Å². The minimum Gasteiger partial charge on any atom is -0.365 e. The number of aryl methyl sites for hydroxylation is 1. The maximum Gasteiger partial charge on any atom is 0.253 e. The lowest BCUT2D eigenvalue weighted by Gasteiger charge is -2.32. The van der Waals surface area contributed by atoms with Gasteiger partial charge in [-0.15, -0.1) is 0 Å². The fourth-order valence-corrected chi connectivity index (χ4v) is 2.15. The summed E-state index contributed by atoms with van der Waals surface area (Å²) >= 11 is 0. The lowest BCUT2D eigenvalue weighted by molar-refractivity contribution is -0.128. The third-order valence-electron chi connectivity index (χ3n) is 3.18. The summed E-state index contributed by atoms with van der Waals surface area (Å²) in [5.74, 6) is 0.00272. The Morgan fingerprint density at radius 1 is 1.39 bits per heavy atom. The Labute approximate surface area is 108 Å². The molecule has 1 fully saturated rings. The summed E-state index contributed by atoms with van der Waals surface area (Å²) in [4.78, 5) is 13.6. The summed E-state index contributed by atoms with van der Waals surface area (Å²) in [6, 6.07) is 8.17. The molecule has 98 valence electrons. The van der Waals surface area contributed by atoms with Crippen LogP contribution in [0.25, 0.3) is 0 Å². The van der Waals surface area contributed by atoms with Gasteiger partial charge >= 0.3 is 0 Å². The minimum absolute atomic E-state index is 0.00272.